The van der Waals surface area contributed by atoms with Crippen LogP contribution in [0.3, 0.4) is 0 Å². The fourth-order valence-electron chi connectivity index (χ4n) is 7.38. The molecule has 0 aliphatic carbocycles. The lowest BCUT2D eigenvalue weighted by Crippen LogP contribution is -2.30. The van der Waals surface area contributed by atoms with E-state index in [1.807, 2.05) is 0 Å². The van der Waals surface area contributed by atoms with E-state index >= 15 is 0 Å². The largest absolute Gasteiger partial charge is 0.462 e. The third-order valence-corrected chi connectivity index (χ3v) is 11.1. The van der Waals surface area contributed by atoms with Crippen LogP contribution in [-0.4, -0.2) is 37.2 Å². The Balaban J connectivity index is 4.31. The molecule has 0 rings (SSSR count). The number of rotatable bonds is 45. The molecule has 0 amide bonds. The maximum atomic E-state index is 12.7. The molecule has 0 fully saturated rings. The molecule has 0 aliphatic rings. The van der Waals surface area contributed by atoms with E-state index in [-0.39, 0.29) is 31.1 Å². The van der Waals surface area contributed by atoms with Gasteiger partial charge in [0, 0.05) is 19.3 Å². The van der Waals surface area contributed by atoms with Crippen molar-refractivity contribution < 1.29 is 28.6 Å². The van der Waals surface area contributed by atoms with Gasteiger partial charge in [0.25, 0.3) is 0 Å². The molecule has 6 nitrogen and oxygen atoms in total. The quantitative estimate of drug-likeness (QED) is 0.0348. The normalized spacial score (nSPS) is 11.8. The van der Waals surface area contributed by atoms with Crippen molar-refractivity contribution in [1.82, 2.24) is 0 Å². The average Bonchev–Trinajstić information content (AvgIpc) is 3.18. The summed E-state index contributed by atoms with van der Waals surface area (Å²) in [6.45, 7) is 6.66. The molecule has 0 saturated carbocycles. The monoisotopic (exact) mass is 779 g/mol. The summed E-state index contributed by atoms with van der Waals surface area (Å²) >= 11 is 0. The predicted octanol–water partition coefficient (Wildman–Crippen LogP) is 15.6. The minimum absolute atomic E-state index is 0.0622. The smallest absolute Gasteiger partial charge is 0.306 e. The standard InChI is InChI=1S/C49H94O6/c1-4-7-10-13-16-19-22-25-28-30-33-36-39-42-48(51)54-45-46(55-49(52)43-40-37-34-31-27-24-21-18-15-12-9-6-3)44-53-47(50)41-38-35-32-29-26-23-20-17-14-11-8-5-2/h46H,4-45H2,1-3H3/t46-/m1/s1. The molecule has 0 aromatic heterocycles. The van der Waals surface area contributed by atoms with E-state index in [2.05, 4.69) is 20.8 Å². The summed E-state index contributed by atoms with van der Waals surface area (Å²) in [5.41, 5.74) is 0. The third kappa shape index (κ3) is 43.4. The van der Waals surface area contributed by atoms with E-state index in [1.165, 1.54) is 180 Å². The molecule has 0 unspecified atom stereocenters. The maximum absolute atomic E-state index is 12.7. The van der Waals surface area contributed by atoms with Gasteiger partial charge in [0.2, 0.25) is 0 Å². The van der Waals surface area contributed by atoms with Crippen LogP contribution in [0.4, 0.5) is 0 Å². The molecule has 0 N–H and O–H groups in total. The molecular formula is C49H94O6. The minimum atomic E-state index is -0.758. The molecule has 0 saturated heterocycles. The van der Waals surface area contributed by atoms with Crippen LogP contribution in [0.5, 0.6) is 0 Å². The Labute approximate surface area is 342 Å². The zero-order valence-electron chi connectivity index (χ0n) is 37.2. The van der Waals surface area contributed by atoms with Crippen molar-refractivity contribution in [2.24, 2.45) is 0 Å². The summed E-state index contributed by atoms with van der Waals surface area (Å²) in [6.07, 6.45) is 46.5. The summed E-state index contributed by atoms with van der Waals surface area (Å²) in [5, 5.41) is 0. The second-order valence-electron chi connectivity index (χ2n) is 16.7. The van der Waals surface area contributed by atoms with Gasteiger partial charge in [-0.25, -0.2) is 0 Å². The van der Waals surface area contributed by atoms with Crippen LogP contribution in [0.2, 0.25) is 0 Å². The summed E-state index contributed by atoms with van der Waals surface area (Å²) < 4.78 is 16.8. The van der Waals surface area contributed by atoms with E-state index in [4.69, 9.17) is 14.2 Å². The number of carbonyl (C=O) groups excluding carboxylic acids is 3. The van der Waals surface area contributed by atoms with Crippen molar-refractivity contribution >= 4 is 17.9 Å². The topological polar surface area (TPSA) is 78.9 Å². The van der Waals surface area contributed by atoms with Crippen LogP contribution in [0.15, 0.2) is 0 Å². The van der Waals surface area contributed by atoms with E-state index in [0.717, 1.165) is 57.8 Å². The number of ether oxygens (including phenoxy) is 3. The lowest BCUT2D eigenvalue weighted by molar-refractivity contribution is -0.167. The molecular weight excluding hydrogens is 685 g/mol. The number of hydrogen-bond acceptors (Lipinski definition) is 6. The van der Waals surface area contributed by atoms with Gasteiger partial charge in [-0.15, -0.1) is 0 Å². The number of hydrogen-bond donors (Lipinski definition) is 0. The van der Waals surface area contributed by atoms with E-state index in [1.54, 1.807) is 0 Å². The molecule has 6 heteroatoms. The zero-order valence-corrected chi connectivity index (χ0v) is 37.2. The molecule has 0 bridgehead atoms. The first-order chi connectivity index (χ1) is 27.0. The second-order valence-corrected chi connectivity index (χ2v) is 16.7. The van der Waals surface area contributed by atoms with Crippen molar-refractivity contribution in [1.29, 1.82) is 0 Å². The number of carbonyl (C=O) groups is 3. The first-order valence-electron chi connectivity index (χ1n) is 24.5. The summed E-state index contributed by atoms with van der Waals surface area (Å²) in [6, 6.07) is 0. The Morgan fingerprint density at radius 1 is 0.291 bits per heavy atom. The van der Waals surface area contributed by atoms with Gasteiger partial charge in [0.15, 0.2) is 6.10 Å². The van der Waals surface area contributed by atoms with Gasteiger partial charge in [-0.3, -0.25) is 14.4 Å². The molecule has 55 heavy (non-hydrogen) atoms. The van der Waals surface area contributed by atoms with Gasteiger partial charge in [0.05, 0.1) is 0 Å². The van der Waals surface area contributed by atoms with Crippen molar-refractivity contribution in [2.45, 2.75) is 284 Å². The molecule has 0 aromatic carbocycles. The molecule has 0 aliphatic heterocycles. The molecule has 0 aromatic rings. The molecule has 0 radical (unpaired) electrons. The van der Waals surface area contributed by atoms with Crippen molar-refractivity contribution in [2.75, 3.05) is 13.2 Å². The molecule has 0 spiro atoms. The zero-order chi connectivity index (χ0) is 40.1. The highest BCUT2D eigenvalue weighted by Crippen LogP contribution is 2.16. The van der Waals surface area contributed by atoms with Crippen LogP contribution >= 0.6 is 0 Å². The summed E-state index contributed by atoms with van der Waals surface area (Å²) in [5.74, 6) is -0.845. The van der Waals surface area contributed by atoms with Gasteiger partial charge in [-0.1, -0.05) is 239 Å². The first kappa shape index (κ1) is 53.4. The van der Waals surface area contributed by atoms with E-state index < -0.39 is 6.10 Å². The van der Waals surface area contributed by atoms with Crippen LogP contribution < -0.4 is 0 Å². The number of esters is 3. The van der Waals surface area contributed by atoms with E-state index in [0.29, 0.717) is 19.3 Å². The van der Waals surface area contributed by atoms with Gasteiger partial charge in [0.1, 0.15) is 13.2 Å². The minimum Gasteiger partial charge on any atom is -0.462 e. The van der Waals surface area contributed by atoms with Crippen LogP contribution in [0.1, 0.15) is 278 Å². The molecule has 326 valence electrons. The van der Waals surface area contributed by atoms with Crippen LogP contribution in [0.25, 0.3) is 0 Å². The fourth-order valence-corrected chi connectivity index (χ4v) is 7.38. The first-order valence-corrected chi connectivity index (χ1v) is 24.5. The highest BCUT2D eigenvalue weighted by atomic mass is 16.6. The van der Waals surface area contributed by atoms with Crippen LogP contribution in [0, 0.1) is 0 Å². The SMILES string of the molecule is CCCCCCCCCCCCCCCC(=O)OC[C@@H](COC(=O)CCCCCCCCCCCCCC)OC(=O)CCCCCCCCCCCCCC. The van der Waals surface area contributed by atoms with Crippen LogP contribution in [-0.2, 0) is 28.6 Å². The Hall–Kier alpha value is -1.59. The van der Waals surface area contributed by atoms with Crippen molar-refractivity contribution in [3.8, 4) is 0 Å². The Bertz CT molecular complexity index is 813. The summed E-state index contributed by atoms with van der Waals surface area (Å²) in [4.78, 5) is 37.8. The van der Waals surface area contributed by atoms with Crippen molar-refractivity contribution in [3.05, 3.63) is 0 Å². The highest BCUT2D eigenvalue weighted by molar-refractivity contribution is 5.71. The van der Waals surface area contributed by atoms with E-state index in [9.17, 15) is 14.4 Å². The Morgan fingerprint density at radius 2 is 0.491 bits per heavy atom. The fraction of sp³-hybridized carbons (Fsp3) is 0.939. The molecule has 1 atom stereocenters. The van der Waals surface area contributed by atoms with Crippen molar-refractivity contribution in [3.63, 3.8) is 0 Å². The van der Waals surface area contributed by atoms with Gasteiger partial charge in [-0.05, 0) is 19.3 Å². The Morgan fingerprint density at radius 3 is 0.727 bits per heavy atom. The highest BCUT2D eigenvalue weighted by Gasteiger charge is 2.19. The van der Waals surface area contributed by atoms with Gasteiger partial charge >= 0.3 is 17.9 Å². The third-order valence-electron chi connectivity index (χ3n) is 11.1. The lowest BCUT2D eigenvalue weighted by Gasteiger charge is -2.18. The second kappa shape index (κ2) is 45.1. The van der Waals surface area contributed by atoms with Gasteiger partial charge in [-0.2, -0.15) is 0 Å². The Kier molecular flexibility index (Phi) is 43.8. The lowest BCUT2D eigenvalue weighted by atomic mass is 10.0. The molecule has 0 heterocycles. The van der Waals surface area contributed by atoms with Gasteiger partial charge < -0.3 is 14.2 Å². The average molecular weight is 779 g/mol. The summed E-state index contributed by atoms with van der Waals surface area (Å²) in [7, 11) is 0. The number of unbranched alkanes of at least 4 members (excludes halogenated alkanes) is 34. The predicted molar refractivity (Wildman–Crippen MR) is 233 cm³/mol. The maximum Gasteiger partial charge on any atom is 0.306 e.